The van der Waals surface area contributed by atoms with E-state index < -0.39 is 27.7 Å². The number of sulfonamides is 1. The molecular formula is C22H19FN2O5S2. The van der Waals surface area contributed by atoms with Crippen molar-refractivity contribution in [2.24, 2.45) is 0 Å². The predicted molar refractivity (Wildman–Crippen MR) is 120 cm³/mol. The van der Waals surface area contributed by atoms with Crippen molar-refractivity contribution in [3.63, 3.8) is 0 Å². The summed E-state index contributed by atoms with van der Waals surface area (Å²) in [5.41, 5.74) is 1.28. The van der Waals surface area contributed by atoms with E-state index in [0.29, 0.717) is 11.1 Å². The van der Waals surface area contributed by atoms with E-state index in [1.165, 1.54) is 61.7 Å². The van der Waals surface area contributed by atoms with E-state index in [0.717, 1.165) is 11.3 Å². The van der Waals surface area contributed by atoms with E-state index in [4.69, 9.17) is 4.74 Å². The minimum absolute atomic E-state index is 0.0187. The van der Waals surface area contributed by atoms with Crippen molar-refractivity contribution in [1.29, 1.82) is 0 Å². The average Bonchev–Trinajstić information content (AvgIpc) is 3.31. The zero-order valence-corrected chi connectivity index (χ0v) is 18.5. The molecule has 1 heterocycles. The second-order valence-electron chi connectivity index (χ2n) is 6.55. The van der Waals surface area contributed by atoms with E-state index in [1.807, 2.05) is 0 Å². The first-order valence-electron chi connectivity index (χ1n) is 9.27. The number of carbonyl (C=O) groups is 2. The molecule has 7 nitrogen and oxygen atoms in total. The van der Waals surface area contributed by atoms with Gasteiger partial charge in [0.25, 0.3) is 10.0 Å². The highest BCUT2D eigenvalue weighted by Crippen LogP contribution is 2.22. The van der Waals surface area contributed by atoms with E-state index in [2.05, 4.69) is 10.0 Å². The number of carbonyl (C=O) groups excluding carboxylic acids is 2. The van der Waals surface area contributed by atoms with E-state index >= 15 is 0 Å². The van der Waals surface area contributed by atoms with Crippen LogP contribution in [0.1, 0.15) is 21.5 Å². The molecule has 0 saturated heterocycles. The Morgan fingerprint density at radius 3 is 2.62 bits per heavy atom. The van der Waals surface area contributed by atoms with Crippen LogP contribution in [0.3, 0.4) is 0 Å². The number of amides is 1. The number of nitrogens with one attached hydrogen (secondary N) is 2. The van der Waals surface area contributed by atoms with Crippen molar-refractivity contribution >= 4 is 45.0 Å². The average molecular weight is 475 g/mol. The van der Waals surface area contributed by atoms with Crippen LogP contribution in [-0.4, -0.2) is 27.4 Å². The van der Waals surface area contributed by atoms with Crippen molar-refractivity contribution in [2.45, 2.75) is 10.8 Å². The van der Waals surface area contributed by atoms with Gasteiger partial charge in [0.05, 0.1) is 18.4 Å². The number of hydrogen-bond acceptors (Lipinski definition) is 6. The lowest BCUT2D eigenvalue weighted by atomic mass is 10.1. The number of ether oxygens (including phenoxy) is 1. The van der Waals surface area contributed by atoms with Crippen molar-refractivity contribution in [1.82, 2.24) is 5.32 Å². The fourth-order valence-electron chi connectivity index (χ4n) is 2.74. The third kappa shape index (κ3) is 6.25. The zero-order valence-electron chi connectivity index (χ0n) is 16.9. The summed E-state index contributed by atoms with van der Waals surface area (Å²) >= 11 is 1.06. The topological polar surface area (TPSA) is 102 Å². The quantitative estimate of drug-likeness (QED) is 0.382. The number of thiophene rings is 1. The van der Waals surface area contributed by atoms with Crippen LogP contribution in [0.5, 0.6) is 0 Å². The van der Waals surface area contributed by atoms with Crippen molar-refractivity contribution < 1.29 is 27.1 Å². The van der Waals surface area contributed by atoms with Gasteiger partial charge in [-0.05, 0) is 59.0 Å². The highest BCUT2D eigenvalue weighted by Gasteiger charge is 2.17. The normalized spacial score (nSPS) is 11.3. The summed E-state index contributed by atoms with van der Waals surface area (Å²) < 4.78 is 45.5. The molecule has 32 heavy (non-hydrogen) atoms. The van der Waals surface area contributed by atoms with Gasteiger partial charge in [0.15, 0.2) is 0 Å². The zero-order chi connectivity index (χ0) is 23.1. The van der Waals surface area contributed by atoms with Gasteiger partial charge in [0.2, 0.25) is 5.91 Å². The van der Waals surface area contributed by atoms with Crippen LogP contribution in [0, 0.1) is 5.82 Å². The van der Waals surface area contributed by atoms with Crippen LogP contribution in [0.25, 0.3) is 6.08 Å². The van der Waals surface area contributed by atoms with Crippen LogP contribution >= 0.6 is 11.3 Å². The summed E-state index contributed by atoms with van der Waals surface area (Å²) in [5, 5.41) is 4.28. The second-order valence-corrected chi connectivity index (χ2v) is 9.41. The Hall–Kier alpha value is -3.50. The first kappa shape index (κ1) is 23.2. The third-order valence-electron chi connectivity index (χ3n) is 4.17. The molecule has 3 rings (SSSR count). The Bertz CT molecular complexity index is 1260. The molecule has 0 spiro atoms. The van der Waals surface area contributed by atoms with Crippen LogP contribution < -0.4 is 10.0 Å². The number of anilines is 1. The number of hydrogen-bond donors (Lipinski definition) is 2. The number of esters is 1. The first-order chi connectivity index (χ1) is 15.3. The lowest BCUT2D eigenvalue weighted by Gasteiger charge is -2.11. The maximum Gasteiger partial charge on any atom is 0.337 e. The Labute approximate surface area is 188 Å². The molecule has 0 atom stereocenters. The van der Waals surface area contributed by atoms with Gasteiger partial charge in [0.1, 0.15) is 10.0 Å². The van der Waals surface area contributed by atoms with E-state index in [9.17, 15) is 22.4 Å². The van der Waals surface area contributed by atoms with Crippen molar-refractivity contribution in [3.05, 3.63) is 88.6 Å². The van der Waals surface area contributed by atoms with Crippen LogP contribution in [0.2, 0.25) is 0 Å². The molecular weight excluding hydrogens is 455 g/mol. The van der Waals surface area contributed by atoms with Gasteiger partial charge < -0.3 is 10.1 Å². The monoisotopic (exact) mass is 474 g/mol. The number of benzene rings is 2. The lowest BCUT2D eigenvalue weighted by molar-refractivity contribution is -0.116. The van der Waals surface area contributed by atoms with Gasteiger partial charge in [-0.15, -0.1) is 11.3 Å². The highest BCUT2D eigenvalue weighted by molar-refractivity contribution is 7.94. The van der Waals surface area contributed by atoms with Gasteiger partial charge in [0, 0.05) is 12.6 Å². The molecule has 1 aromatic heterocycles. The molecule has 0 fully saturated rings. The van der Waals surface area contributed by atoms with Crippen molar-refractivity contribution in [3.8, 4) is 0 Å². The molecule has 0 radical (unpaired) electrons. The molecule has 166 valence electrons. The standard InChI is InChI=1S/C22H19FN2O5S2/c1-30-22(27)17-10-16(12-19(13-17)25-32(28,29)21-6-3-9-31-21)14-24-20(26)8-7-15-4-2-5-18(23)11-15/h2-13,25H,14H2,1H3,(H,24,26). The summed E-state index contributed by atoms with van der Waals surface area (Å²) in [4.78, 5) is 24.1. The Morgan fingerprint density at radius 1 is 1.12 bits per heavy atom. The Morgan fingerprint density at radius 2 is 1.94 bits per heavy atom. The van der Waals surface area contributed by atoms with Crippen LogP contribution in [0.4, 0.5) is 10.1 Å². The molecule has 10 heteroatoms. The first-order valence-corrected chi connectivity index (χ1v) is 11.6. The summed E-state index contributed by atoms with van der Waals surface area (Å²) in [6.07, 6.45) is 2.71. The maximum absolute atomic E-state index is 13.2. The molecule has 0 bridgehead atoms. The predicted octanol–water partition coefficient (Wildman–Crippen LogP) is 3.80. The minimum Gasteiger partial charge on any atom is -0.465 e. The van der Waals surface area contributed by atoms with Crippen molar-refractivity contribution in [2.75, 3.05) is 11.8 Å². The van der Waals surface area contributed by atoms with Crippen LogP contribution in [-0.2, 0) is 26.1 Å². The van der Waals surface area contributed by atoms with E-state index in [1.54, 1.807) is 17.5 Å². The molecule has 3 aromatic rings. The molecule has 0 aliphatic rings. The van der Waals surface area contributed by atoms with Gasteiger partial charge in [-0.3, -0.25) is 9.52 Å². The Balaban J connectivity index is 1.76. The molecule has 2 aromatic carbocycles. The molecule has 0 aliphatic carbocycles. The second kappa shape index (κ2) is 10.2. The molecule has 0 aliphatic heterocycles. The van der Waals surface area contributed by atoms with E-state index in [-0.39, 0.29) is 22.0 Å². The maximum atomic E-state index is 13.2. The smallest absolute Gasteiger partial charge is 0.337 e. The van der Waals surface area contributed by atoms with Gasteiger partial charge in [-0.1, -0.05) is 18.2 Å². The van der Waals surface area contributed by atoms with Crippen LogP contribution in [0.15, 0.2) is 70.3 Å². The third-order valence-corrected chi connectivity index (χ3v) is 6.95. The lowest BCUT2D eigenvalue weighted by Crippen LogP contribution is -2.21. The SMILES string of the molecule is COC(=O)c1cc(CNC(=O)C=Cc2cccc(F)c2)cc(NS(=O)(=O)c2cccs2)c1. The summed E-state index contributed by atoms with van der Waals surface area (Å²) in [5.74, 6) is -1.51. The largest absolute Gasteiger partial charge is 0.465 e. The van der Waals surface area contributed by atoms with Gasteiger partial charge >= 0.3 is 5.97 Å². The van der Waals surface area contributed by atoms with Gasteiger partial charge in [-0.2, -0.15) is 0 Å². The number of methoxy groups -OCH3 is 1. The Kier molecular flexibility index (Phi) is 7.39. The fraction of sp³-hybridized carbons (Fsp3) is 0.0909. The minimum atomic E-state index is -3.82. The highest BCUT2D eigenvalue weighted by atomic mass is 32.2. The summed E-state index contributed by atoms with van der Waals surface area (Å²) in [6.45, 7) is 0.0187. The molecule has 0 unspecified atom stereocenters. The molecule has 0 saturated carbocycles. The number of rotatable bonds is 8. The summed E-state index contributed by atoms with van der Waals surface area (Å²) in [7, 11) is -2.61. The number of halogens is 1. The molecule has 1 amide bonds. The fourth-order valence-corrected chi connectivity index (χ4v) is 4.77. The summed E-state index contributed by atoms with van der Waals surface area (Å²) in [6, 6.07) is 13.2. The van der Waals surface area contributed by atoms with Gasteiger partial charge in [-0.25, -0.2) is 17.6 Å². The molecule has 2 N–H and O–H groups in total.